The molecule has 0 unspecified atom stereocenters. The van der Waals surface area contributed by atoms with E-state index in [0.717, 1.165) is 24.2 Å². The van der Waals surface area contributed by atoms with Gasteiger partial charge in [-0.25, -0.2) is 10.2 Å². The predicted octanol–water partition coefficient (Wildman–Crippen LogP) is 2.66. The molecule has 2 heterocycles. The largest absolute Gasteiger partial charge is 0.494 e. The number of hydrazone groups is 1. The molecule has 0 saturated carbocycles. The summed E-state index contributed by atoms with van der Waals surface area (Å²) in [5, 5.41) is 15.0. The number of aromatic nitrogens is 4. The molecule has 38 heavy (non-hydrogen) atoms. The van der Waals surface area contributed by atoms with E-state index >= 15 is 0 Å². The van der Waals surface area contributed by atoms with E-state index in [-0.39, 0.29) is 30.3 Å². The summed E-state index contributed by atoms with van der Waals surface area (Å²) in [6.07, 6.45) is 2.46. The fourth-order valence-electron chi connectivity index (χ4n) is 3.81. The first-order valence-corrected chi connectivity index (χ1v) is 12.5. The fourth-order valence-corrected chi connectivity index (χ4v) is 3.81. The van der Waals surface area contributed by atoms with Crippen LogP contribution in [0.5, 0.6) is 11.5 Å². The predicted molar refractivity (Wildman–Crippen MR) is 146 cm³/mol. The Morgan fingerprint density at radius 3 is 2.45 bits per heavy atom. The number of rotatable bonds is 12. The number of aliphatic hydroxyl groups excluding tert-OH is 1. The van der Waals surface area contributed by atoms with Gasteiger partial charge in [0.15, 0.2) is 11.2 Å². The first-order valence-electron chi connectivity index (χ1n) is 12.5. The van der Waals surface area contributed by atoms with Crippen molar-refractivity contribution in [2.75, 3.05) is 18.6 Å². The van der Waals surface area contributed by atoms with Crippen LogP contribution < -0.4 is 26.1 Å². The number of hydrogen-bond donors (Lipinski definition) is 3. The first kappa shape index (κ1) is 26.7. The third-order valence-corrected chi connectivity index (χ3v) is 5.91. The van der Waals surface area contributed by atoms with E-state index < -0.39 is 17.4 Å². The SMILES string of the molecule is CCCOc1ccc(/C=N/Nc2nc3c(c(=O)[nH]c(=O)n3C)n2C[C@@H](O)COc2ccc(CC)cc2)cc1. The normalized spacial score (nSPS) is 12.2. The molecule has 0 aliphatic rings. The Labute approximate surface area is 219 Å². The number of fused-ring (bicyclic) bond motifs is 1. The van der Waals surface area contributed by atoms with Crippen molar-refractivity contribution in [2.24, 2.45) is 12.1 Å². The minimum atomic E-state index is -0.977. The molecule has 4 aromatic rings. The monoisotopic (exact) mass is 520 g/mol. The molecule has 11 heteroatoms. The number of H-pyrrole nitrogens is 1. The fraction of sp³-hybridized carbons (Fsp3) is 0.333. The number of aryl methyl sites for hydroxylation is 2. The lowest BCUT2D eigenvalue weighted by molar-refractivity contribution is 0.0938. The molecule has 0 aliphatic carbocycles. The molecular formula is C27H32N6O5. The molecule has 0 aliphatic heterocycles. The van der Waals surface area contributed by atoms with E-state index in [4.69, 9.17) is 9.47 Å². The zero-order valence-corrected chi connectivity index (χ0v) is 21.7. The number of aromatic amines is 1. The number of ether oxygens (including phenoxy) is 2. The van der Waals surface area contributed by atoms with Crippen LogP contribution in [-0.2, 0) is 20.0 Å². The van der Waals surface area contributed by atoms with Crippen molar-refractivity contribution in [3.05, 3.63) is 80.5 Å². The Balaban J connectivity index is 1.54. The molecule has 0 amide bonds. The van der Waals surface area contributed by atoms with Gasteiger partial charge in [-0.05, 0) is 60.4 Å². The molecule has 2 aromatic carbocycles. The van der Waals surface area contributed by atoms with Gasteiger partial charge < -0.3 is 19.1 Å². The summed E-state index contributed by atoms with van der Waals surface area (Å²) >= 11 is 0. The second-order valence-electron chi connectivity index (χ2n) is 8.79. The van der Waals surface area contributed by atoms with Crippen molar-refractivity contribution in [3.8, 4) is 11.5 Å². The van der Waals surface area contributed by atoms with Crippen molar-refractivity contribution in [1.29, 1.82) is 0 Å². The lowest BCUT2D eigenvalue weighted by atomic mass is 10.2. The van der Waals surface area contributed by atoms with E-state index in [2.05, 4.69) is 27.4 Å². The van der Waals surface area contributed by atoms with Crippen molar-refractivity contribution in [3.63, 3.8) is 0 Å². The van der Waals surface area contributed by atoms with Crippen molar-refractivity contribution in [1.82, 2.24) is 19.1 Å². The zero-order chi connectivity index (χ0) is 27.1. The average molecular weight is 521 g/mol. The maximum Gasteiger partial charge on any atom is 0.329 e. The van der Waals surface area contributed by atoms with Crippen LogP contribution in [0.4, 0.5) is 5.95 Å². The zero-order valence-electron chi connectivity index (χ0n) is 21.7. The van der Waals surface area contributed by atoms with Gasteiger partial charge in [-0.3, -0.25) is 14.3 Å². The van der Waals surface area contributed by atoms with Crippen LogP contribution in [0.2, 0.25) is 0 Å². The summed E-state index contributed by atoms with van der Waals surface area (Å²) in [5.74, 6) is 1.60. The smallest absolute Gasteiger partial charge is 0.329 e. The Hall–Kier alpha value is -4.38. The van der Waals surface area contributed by atoms with Gasteiger partial charge in [-0.1, -0.05) is 26.0 Å². The van der Waals surface area contributed by atoms with Gasteiger partial charge in [-0.15, -0.1) is 0 Å². The van der Waals surface area contributed by atoms with Crippen molar-refractivity contribution < 1.29 is 14.6 Å². The van der Waals surface area contributed by atoms with Crippen LogP contribution >= 0.6 is 0 Å². The molecule has 3 N–H and O–H groups in total. The maximum atomic E-state index is 12.7. The number of benzene rings is 2. The second kappa shape index (κ2) is 12.2. The summed E-state index contributed by atoms with van der Waals surface area (Å²) < 4.78 is 14.0. The third-order valence-electron chi connectivity index (χ3n) is 5.91. The van der Waals surface area contributed by atoms with Gasteiger partial charge in [0.1, 0.15) is 24.2 Å². The summed E-state index contributed by atoms with van der Waals surface area (Å²) in [5.41, 5.74) is 3.93. The average Bonchev–Trinajstić information content (AvgIpc) is 3.29. The van der Waals surface area contributed by atoms with Gasteiger partial charge in [-0.2, -0.15) is 10.1 Å². The first-order chi connectivity index (χ1) is 18.4. The van der Waals surface area contributed by atoms with Gasteiger partial charge in [0.25, 0.3) is 5.56 Å². The van der Waals surface area contributed by atoms with E-state index in [0.29, 0.717) is 12.4 Å². The number of aliphatic hydroxyl groups is 1. The topological polar surface area (TPSA) is 136 Å². The number of imidazole rings is 1. The number of nitrogens with zero attached hydrogens (tertiary/aromatic N) is 4. The molecule has 0 radical (unpaired) electrons. The molecular weight excluding hydrogens is 488 g/mol. The van der Waals surface area contributed by atoms with Crippen LogP contribution in [0.15, 0.2) is 63.2 Å². The Bertz CT molecular complexity index is 1500. The third kappa shape index (κ3) is 6.30. The maximum absolute atomic E-state index is 12.7. The molecule has 200 valence electrons. The lowest BCUT2D eigenvalue weighted by Gasteiger charge is -2.15. The van der Waals surface area contributed by atoms with Gasteiger partial charge in [0, 0.05) is 7.05 Å². The Kier molecular flexibility index (Phi) is 8.59. The van der Waals surface area contributed by atoms with E-state index in [9.17, 15) is 14.7 Å². The molecule has 2 aromatic heterocycles. The number of hydrogen-bond acceptors (Lipinski definition) is 8. The highest BCUT2D eigenvalue weighted by atomic mass is 16.5. The lowest BCUT2D eigenvalue weighted by Crippen LogP contribution is -2.30. The molecule has 0 spiro atoms. The minimum Gasteiger partial charge on any atom is -0.494 e. The van der Waals surface area contributed by atoms with Crippen LogP contribution in [0, 0.1) is 0 Å². The highest BCUT2D eigenvalue weighted by Crippen LogP contribution is 2.18. The molecule has 0 bridgehead atoms. The van der Waals surface area contributed by atoms with E-state index in [1.165, 1.54) is 21.7 Å². The Morgan fingerprint density at radius 1 is 1.08 bits per heavy atom. The molecule has 1 atom stereocenters. The van der Waals surface area contributed by atoms with Gasteiger partial charge >= 0.3 is 5.69 Å². The van der Waals surface area contributed by atoms with Crippen LogP contribution in [-0.4, -0.2) is 49.7 Å². The quantitative estimate of drug-likeness (QED) is 0.193. The minimum absolute atomic E-state index is 0.00995. The van der Waals surface area contributed by atoms with E-state index in [1.807, 2.05) is 55.5 Å². The summed E-state index contributed by atoms with van der Waals surface area (Å²) in [6, 6.07) is 15.1. The van der Waals surface area contributed by atoms with Crippen molar-refractivity contribution in [2.45, 2.75) is 39.3 Å². The Morgan fingerprint density at radius 2 is 1.76 bits per heavy atom. The molecule has 0 fully saturated rings. The van der Waals surface area contributed by atoms with Crippen molar-refractivity contribution >= 4 is 23.3 Å². The highest BCUT2D eigenvalue weighted by molar-refractivity contribution is 5.80. The van der Waals surface area contributed by atoms with Gasteiger partial charge in [0.2, 0.25) is 5.95 Å². The molecule has 0 saturated heterocycles. The number of anilines is 1. The summed E-state index contributed by atoms with van der Waals surface area (Å²) in [7, 11) is 1.51. The standard InChI is InChI=1S/C27H32N6O5/c1-4-14-37-21-12-8-19(9-13-21)15-28-31-26-29-24-23(25(35)30-27(36)32(24)3)33(26)16-20(34)17-38-22-10-6-18(5-2)7-11-22/h6-13,15,20,34H,4-5,14,16-17H2,1-3H3,(H,29,31)(H,30,35,36)/b28-15+/t20-/m1/s1. The van der Waals surface area contributed by atoms with Crippen LogP contribution in [0.1, 0.15) is 31.4 Å². The van der Waals surface area contributed by atoms with Crippen LogP contribution in [0.25, 0.3) is 11.2 Å². The number of nitrogens with one attached hydrogen (secondary N) is 2. The second-order valence-corrected chi connectivity index (χ2v) is 8.79. The summed E-state index contributed by atoms with van der Waals surface area (Å²) in [6.45, 7) is 4.73. The van der Waals surface area contributed by atoms with Crippen LogP contribution in [0.3, 0.4) is 0 Å². The van der Waals surface area contributed by atoms with E-state index in [1.54, 1.807) is 6.21 Å². The van der Waals surface area contributed by atoms with Gasteiger partial charge in [0.05, 0.1) is 19.4 Å². The molecule has 11 nitrogen and oxygen atoms in total. The molecule has 4 rings (SSSR count). The highest BCUT2D eigenvalue weighted by Gasteiger charge is 2.20. The summed E-state index contributed by atoms with van der Waals surface area (Å²) in [4.78, 5) is 31.5.